The van der Waals surface area contributed by atoms with Gasteiger partial charge >= 0.3 is 0 Å². The number of hydrogen-bond donors (Lipinski definition) is 3. The average Bonchev–Trinajstić information content (AvgIpc) is 2.49. The zero-order chi connectivity index (χ0) is 15.2. The lowest BCUT2D eigenvalue weighted by Gasteiger charge is -2.30. The largest absolute Gasteiger partial charge is 0.366 e. The van der Waals surface area contributed by atoms with E-state index in [0.717, 1.165) is 25.9 Å². The second kappa shape index (κ2) is 10.7. The standard InChI is InChI=1S/C14H19ClN4O2.2ClH/c1-19-6-4-11(5-7-19)17-14-12(15)8-10(9-16-14)2-3-13(20)18-21;;/h2-3,8-9,11,21H,4-7H2,1H3,(H,16,17)(H,18,20);2*1H/b3-2+;;. The maximum atomic E-state index is 10.9. The zero-order valence-corrected chi connectivity index (χ0v) is 15.0. The van der Waals surface area contributed by atoms with Crippen molar-refractivity contribution in [1.82, 2.24) is 15.4 Å². The van der Waals surface area contributed by atoms with Gasteiger partial charge in [-0.2, -0.15) is 0 Å². The van der Waals surface area contributed by atoms with Crippen LogP contribution in [0.25, 0.3) is 6.08 Å². The molecule has 6 nitrogen and oxygen atoms in total. The third-order valence-electron chi connectivity index (χ3n) is 3.46. The topological polar surface area (TPSA) is 77.5 Å². The van der Waals surface area contributed by atoms with Crippen LogP contribution in [0.4, 0.5) is 5.82 Å². The molecule has 3 N–H and O–H groups in total. The van der Waals surface area contributed by atoms with Crippen LogP contribution in [0.15, 0.2) is 18.3 Å². The van der Waals surface area contributed by atoms with Gasteiger partial charge in [0, 0.05) is 18.3 Å². The number of hydroxylamine groups is 1. The van der Waals surface area contributed by atoms with Crippen molar-refractivity contribution >= 4 is 54.2 Å². The third kappa shape index (κ3) is 6.93. The Balaban J connectivity index is 0.00000242. The van der Waals surface area contributed by atoms with Crippen LogP contribution in [0, 0.1) is 0 Å². The first-order chi connectivity index (χ1) is 10.1. The van der Waals surface area contributed by atoms with Gasteiger partial charge in [0.05, 0.1) is 5.02 Å². The Morgan fingerprint density at radius 3 is 2.65 bits per heavy atom. The van der Waals surface area contributed by atoms with Crippen LogP contribution in [0.2, 0.25) is 5.02 Å². The lowest BCUT2D eigenvalue weighted by molar-refractivity contribution is -0.124. The molecule has 0 unspecified atom stereocenters. The van der Waals surface area contributed by atoms with E-state index in [1.807, 2.05) is 0 Å². The van der Waals surface area contributed by atoms with Gasteiger partial charge in [-0.15, -0.1) is 24.8 Å². The Hall–Kier alpha value is -1.05. The maximum absolute atomic E-state index is 10.9. The monoisotopic (exact) mass is 382 g/mol. The zero-order valence-electron chi connectivity index (χ0n) is 12.7. The smallest absolute Gasteiger partial charge is 0.267 e. The van der Waals surface area contributed by atoms with Crippen molar-refractivity contribution in [2.45, 2.75) is 18.9 Å². The van der Waals surface area contributed by atoms with Gasteiger partial charge < -0.3 is 10.2 Å². The molecule has 1 aliphatic rings. The molecule has 0 bridgehead atoms. The van der Waals surface area contributed by atoms with Crippen molar-refractivity contribution in [2.75, 3.05) is 25.5 Å². The average molecular weight is 384 g/mol. The number of hydrogen-bond acceptors (Lipinski definition) is 5. The first kappa shape index (κ1) is 21.9. The summed E-state index contributed by atoms with van der Waals surface area (Å²) in [6.45, 7) is 2.12. The summed E-state index contributed by atoms with van der Waals surface area (Å²) in [5.74, 6) is 0.0645. The highest BCUT2D eigenvalue weighted by molar-refractivity contribution is 6.33. The molecule has 23 heavy (non-hydrogen) atoms. The quantitative estimate of drug-likeness (QED) is 0.423. The van der Waals surface area contributed by atoms with Crippen molar-refractivity contribution in [3.63, 3.8) is 0 Å². The molecule has 0 spiro atoms. The molecule has 0 atom stereocenters. The Morgan fingerprint density at radius 2 is 2.09 bits per heavy atom. The van der Waals surface area contributed by atoms with Crippen LogP contribution in [0.1, 0.15) is 18.4 Å². The van der Waals surface area contributed by atoms with Crippen molar-refractivity contribution in [2.24, 2.45) is 0 Å². The highest BCUT2D eigenvalue weighted by Crippen LogP contribution is 2.23. The molecule has 1 amide bonds. The van der Waals surface area contributed by atoms with Gasteiger partial charge in [-0.1, -0.05) is 11.6 Å². The van der Waals surface area contributed by atoms with E-state index in [-0.39, 0.29) is 24.8 Å². The maximum Gasteiger partial charge on any atom is 0.267 e. The molecule has 9 heteroatoms. The summed E-state index contributed by atoms with van der Waals surface area (Å²) >= 11 is 6.21. The van der Waals surface area contributed by atoms with Gasteiger partial charge in [0.25, 0.3) is 5.91 Å². The van der Waals surface area contributed by atoms with Gasteiger partial charge in [-0.25, -0.2) is 10.5 Å². The number of rotatable bonds is 4. The van der Waals surface area contributed by atoms with Crippen molar-refractivity contribution < 1.29 is 10.0 Å². The second-order valence-corrected chi connectivity index (χ2v) is 5.54. The van der Waals surface area contributed by atoms with Gasteiger partial charge in [0.2, 0.25) is 0 Å². The van der Waals surface area contributed by atoms with Gasteiger partial charge in [-0.05, 0) is 50.7 Å². The molecule has 2 heterocycles. The molecule has 2 rings (SSSR count). The summed E-state index contributed by atoms with van der Waals surface area (Å²) in [4.78, 5) is 17.5. The summed E-state index contributed by atoms with van der Waals surface area (Å²) in [6.07, 6.45) is 6.49. The number of halogens is 3. The van der Waals surface area contributed by atoms with Crippen molar-refractivity contribution in [3.05, 3.63) is 28.9 Å². The molecule has 1 aliphatic heterocycles. The molecule has 1 aromatic heterocycles. The fraction of sp³-hybridized carbons (Fsp3) is 0.429. The van der Waals surface area contributed by atoms with E-state index in [4.69, 9.17) is 16.8 Å². The van der Waals surface area contributed by atoms with Crippen LogP contribution in [0.5, 0.6) is 0 Å². The number of anilines is 1. The van der Waals surface area contributed by atoms with E-state index in [9.17, 15) is 4.79 Å². The van der Waals surface area contributed by atoms with Gasteiger partial charge in [-0.3, -0.25) is 10.0 Å². The van der Waals surface area contributed by atoms with Gasteiger partial charge in [0.15, 0.2) is 0 Å². The molecule has 0 aromatic carbocycles. The summed E-state index contributed by atoms with van der Waals surface area (Å²) in [5, 5.41) is 12.3. The van der Waals surface area contributed by atoms with E-state index in [2.05, 4.69) is 22.2 Å². The highest BCUT2D eigenvalue weighted by Gasteiger charge is 2.17. The summed E-state index contributed by atoms with van der Waals surface area (Å²) in [5.41, 5.74) is 2.22. The lowest BCUT2D eigenvalue weighted by Crippen LogP contribution is -2.36. The molecule has 1 aromatic rings. The Morgan fingerprint density at radius 1 is 1.43 bits per heavy atom. The number of aromatic nitrogens is 1. The molecule has 1 fully saturated rings. The molecular weight excluding hydrogens is 363 g/mol. The van der Waals surface area contributed by atoms with Crippen LogP contribution < -0.4 is 10.8 Å². The van der Waals surface area contributed by atoms with Crippen molar-refractivity contribution in [1.29, 1.82) is 0 Å². The van der Waals surface area contributed by atoms with E-state index in [1.54, 1.807) is 12.3 Å². The minimum absolute atomic E-state index is 0. The fourth-order valence-corrected chi connectivity index (χ4v) is 2.43. The number of pyridine rings is 1. The predicted molar refractivity (Wildman–Crippen MR) is 96.8 cm³/mol. The SMILES string of the molecule is CN1CCC(Nc2ncc(/C=C/C(=O)NO)cc2Cl)CC1.Cl.Cl. The van der Waals surface area contributed by atoms with Crippen LogP contribution in [-0.2, 0) is 4.79 Å². The summed E-state index contributed by atoms with van der Waals surface area (Å²) < 4.78 is 0. The number of nitrogens with one attached hydrogen (secondary N) is 2. The second-order valence-electron chi connectivity index (χ2n) is 5.13. The molecule has 0 radical (unpaired) electrons. The minimum Gasteiger partial charge on any atom is -0.366 e. The predicted octanol–water partition coefficient (Wildman–Crippen LogP) is 2.60. The molecule has 1 saturated heterocycles. The van der Waals surface area contributed by atoms with E-state index < -0.39 is 5.91 Å². The molecule has 0 aliphatic carbocycles. The lowest BCUT2D eigenvalue weighted by atomic mass is 10.1. The van der Waals surface area contributed by atoms with E-state index >= 15 is 0 Å². The van der Waals surface area contributed by atoms with Crippen LogP contribution >= 0.6 is 36.4 Å². The number of likely N-dealkylation sites (tertiary alicyclic amines) is 1. The Kier molecular flexibility index (Phi) is 10.2. The first-order valence-electron chi connectivity index (χ1n) is 6.81. The number of carbonyl (C=O) groups is 1. The van der Waals surface area contributed by atoms with E-state index in [1.165, 1.54) is 17.6 Å². The van der Waals surface area contributed by atoms with Gasteiger partial charge in [0.1, 0.15) is 5.82 Å². The first-order valence-corrected chi connectivity index (χ1v) is 7.19. The summed E-state index contributed by atoms with van der Waals surface area (Å²) in [7, 11) is 2.12. The molecular formula is C14H21Cl3N4O2. The van der Waals surface area contributed by atoms with Crippen LogP contribution in [-0.4, -0.2) is 47.2 Å². The third-order valence-corrected chi connectivity index (χ3v) is 3.75. The number of amides is 1. The molecule has 130 valence electrons. The number of carbonyl (C=O) groups excluding carboxylic acids is 1. The number of piperidine rings is 1. The van der Waals surface area contributed by atoms with E-state index in [0.29, 0.717) is 22.4 Å². The summed E-state index contributed by atoms with van der Waals surface area (Å²) in [6, 6.07) is 2.11. The molecule has 0 saturated carbocycles. The van der Waals surface area contributed by atoms with Crippen LogP contribution in [0.3, 0.4) is 0 Å². The number of nitrogens with zero attached hydrogens (tertiary/aromatic N) is 2. The Bertz CT molecular complexity index is 535. The minimum atomic E-state index is -0.598. The Labute approximate surface area is 153 Å². The highest BCUT2D eigenvalue weighted by atomic mass is 35.5. The fourth-order valence-electron chi connectivity index (χ4n) is 2.21. The normalized spacial score (nSPS) is 15.6. The van der Waals surface area contributed by atoms with Crippen molar-refractivity contribution in [3.8, 4) is 0 Å².